The van der Waals surface area contributed by atoms with E-state index in [1.54, 1.807) is 0 Å². The molecule has 3 nitrogen and oxygen atoms in total. The van der Waals surface area contributed by atoms with Gasteiger partial charge in [-0.25, -0.2) is 0 Å². The topological polar surface area (TPSA) is 46.5 Å². The largest absolute Gasteiger partial charge is 0.344 e. The molecule has 0 amide bonds. The van der Waals surface area contributed by atoms with Crippen LogP contribution in [0.4, 0.5) is 0 Å². The monoisotopic (exact) mass is 248 g/mol. The van der Waals surface area contributed by atoms with Crippen LogP contribution in [0.1, 0.15) is 18.4 Å². The van der Waals surface area contributed by atoms with Crippen molar-refractivity contribution in [1.29, 1.82) is 0 Å². The summed E-state index contributed by atoms with van der Waals surface area (Å²) in [6.45, 7) is 0. The van der Waals surface area contributed by atoms with Crippen LogP contribution in [0.2, 0.25) is 0 Å². The fourth-order valence-corrected chi connectivity index (χ4v) is 2.22. The molecular weight excluding hydrogens is 235 g/mol. The molecule has 0 spiro atoms. The summed E-state index contributed by atoms with van der Waals surface area (Å²) < 4.78 is 15.0. The zero-order valence-corrected chi connectivity index (χ0v) is 9.95. The lowest BCUT2D eigenvalue weighted by atomic mass is 10.1. The molecule has 1 N–H and O–H groups in total. The first-order valence-electron chi connectivity index (χ1n) is 4.80. The van der Waals surface area contributed by atoms with Crippen LogP contribution in [0.5, 0.6) is 0 Å². The highest BCUT2D eigenvalue weighted by Gasteiger charge is 2.17. The van der Waals surface area contributed by atoms with E-state index in [0.29, 0.717) is 6.42 Å². The fraction of sp³-hybridized carbons (Fsp3) is 0.400. The van der Waals surface area contributed by atoms with Crippen molar-refractivity contribution in [2.75, 3.05) is 6.16 Å². The Morgan fingerprint density at radius 2 is 1.93 bits per heavy atom. The summed E-state index contributed by atoms with van der Waals surface area (Å²) in [6, 6.07) is 10.0. The van der Waals surface area contributed by atoms with Crippen LogP contribution in [0.3, 0.4) is 0 Å². The van der Waals surface area contributed by atoms with E-state index in [9.17, 15) is 4.57 Å². The zero-order chi connectivity index (χ0) is 11.1. The number of hydrogen-bond donors (Lipinski definition) is 1. The molecule has 15 heavy (non-hydrogen) atoms. The Morgan fingerprint density at radius 3 is 2.53 bits per heavy atom. The van der Waals surface area contributed by atoms with Gasteiger partial charge in [-0.2, -0.15) is 4.08 Å². The Labute approximate surface area is 94.7 Å². The van der Waals surface area contributed by atoms with Crippen LogP contribution >= 0.6 is 19.5 Å². The van der Waals surface area contributed by atoms with E-state index < -0.39 is 7.60 Å². The van der Waals surface area contributed by atoms with Crippen LogP contribution < -0.4 is 0 Å². The first kappa shape index (κ1) is 12.7. The molecule has 0 aliphatic carbocycles. The maximum absolute atomic E-state index is 11.0. The predicted molar refractivity (Wildman–Crippen MR) is 61.0 cm³/mol. The second-order valence-electron chi connectivity index (χ2n) is 3.37. The molecule has 1 unspecified atom stereocenters. The molecule has 1 aromatic rings. The molecule has 1 atom stereocenters. The van der Waals surface area contributed by atoms with Gasteiger partial charge < -0.3 is 4.89 Å². The molecule has 0 aromatic heterocycles. The lowest BCUT2D eigenvalue weighted by Gasteiger charge is -2.05. The van der Waals surface area contributed by atoms with Crippen LogP contribution in [-0.4, -0.2) is 11.1 Å². The van der Waals surface area contributed by atoms with Gasteiger partial charge in [0.1, 0.15) is 0 Å². The summed E-state index contributed by atoms with van der Waals surface area (Å²) in [5.41, 5.74) is 1.23. The van der Waals surface area contributed by atoms with Crippen molar-refractivity contribution in [1.82, 2.24) is 0 Å². The maximum Gasteiger partial charge on any atom is 0.344 e. The maximum atomic E-state index is 11.0. The Hall–Kier alpha value is -0.340. The third-order valence-corrected chi connectivity index (χ3v) is 3.85. The van der Waals surface area contributed by atoms with Crippen LogP contribution in [0.25, 0.3) is 0 Å². The minimum absolute atomic E-state index is 0.114. The van der Waals surface area contributed by atoms with Crippen LogP contribution in [0.15, 0.2) is 30.3 Å². The van der Waals surface area contributed by atoms with Gasteiger partial charge >= 0.3 is 7.60 Å². The normalized spacial score (nSPS) is 14.8. The predicted octanol–water partition coefficient (Wildman–Crippen LogP) is 3.37. The molecule has 1 aromatic carbocycles. The standard InChI is InChI=1S/C10H14ClO3P/c11-14-15(12,13)9-5-4-8-10-6-2-1-3-7-10/h1-3,6-7H,4-5,8-9H2,(H,12,13). The molecule has 1 rings (SSSR count). The van der Waals surface area contributed by atoms with Crippen molar-refractivity contribution in [3.05, 3.63) is 35.9 Å². The van der Waals surface area contributed by atoms with E-state index >= 15 is 0 Å². The lowest BCUT2D eigenvalue weighted by Crippen LogP contribution is -1.91. The minimum Gasteiger partial charge on any atom is -0.323 e. The van der Waals surface area contributed by atoms with E-state index in [1.807, 2.05) is 30.3 Å². The molecule has 0 aliphatic heterocycles. The van der Waals surface area contributed by atoms with Gasteiger partial charge in [-0.3, -0.25) is 4.57 Å². The van der Waals surface area contributed by atoms with Gasteiger partial charge in [0.2, 0.25) is 0 Å². The molecule has 0 saturated heterocycles. The minimum atomic E-state index is -3.53. The number of unbranched alkanes of at least 4 members (excludes halogenated alkanes) is 1. The summed E-state index contributed by atoms with van der Waals surface area (Å²) >= 11 is 4.88. The van der Waals surface area contributed by atoms with Gasteiger partial charge in [0.05, 0.1) is 18.0 Å². The average molecular weight is 249 g/mol. The first-order valence-corrected chi connectivity index (χ1v) is 6.87. The van der Waals surface area contributed by atoms with Crippen molar-refractivity contribution >= 4 is 19.5 Å². The van der Waals surface area contributed by atoms with Gasteiger partial charge in [-0.1, -0.05) is 30.3 Å². The van der Waals surface area contributed by atoms with E-state index in [4.69, 9.17) is 16.8 Å². The quantitative estimate of drug-likeness (QED) is 0.620. The van der Waals surface area contributed by atoms with Crippen LogP contribution in [0, 0.1) is 0 Å². The van der Waals surface area contributed by atoms with Gasteiger partial charge in [0.15, 0.2) is 0 Å². The summed E-state index contributed by atoms with van der Waals surface area (Å²) in [5, 5.41) is 0. The van der Waals surface area contributed by atoms with E-state index in [0.717, 1.165) is 12.8 Å². The highest BCUT2D eigenvalue weighted by Crippen LogP contribution is 2.44. The SMILES string of the molecule is O=P(O)(CCCCc1ccccc1)OCl. The van der Waals surface area contributed by atoms with Crippen molar-refractivity contribution in [2.24, 2.45) is 0 Å². The molecule has 0 saturated carbocycles. The molecule has 0 heterocycles. The second-order valence-corrected chi connectivity index (χ2v) is 5.65. The van der Waals surface area contributed by atoms with Crippen molar-refractivity contribution in [2.45, 2.75) is 19.3 Å². The van der Waals surface area contributed by atoms with E-state index in [-0.39, 0.29) is 6.16 Å². The molecule has 0 fully saturated rings. The Balaban J connectivity index is 2.21. The summed E-state index contributed by atoms with van der Waals surface area (Å²) in [7, 11) is -3.53. The Bertz CT molecular complexity index is 329. The number of aryl methyl sites for hydroxylation is 1. The fourth-order valence-electron chi connectivity index (χ4n) is 1.32. The lowest BCUT2D eigenvalue weighted by molar-refractivity contribution is 0.391. The van der Waals surface area contributed by atoms with E-state index in [2.05, 4.69) is 4.08 Å². The highest BCUT2D eigenvalue weighted by molar-refractivity contribution is 7.53. The number of benzene rings is 1. The van der Waals surface area contributed by atoms with Gasteiger partial charge in [0.25, 0.3) is 0 Å². The number of hydrogen-bond acceptors (Lipinski definition) is 2. The van der Waals surface area contributed by atoms with Crippen molar-refractivity contribution < 1.29 is 13.5 Å². The summed E-state index contributed by atoms with van der Waals surface area (Å²) in [6.07, 6.45) is 2.51. The van der Waals surface area contributed by atoms with Crippen molar-refractivity contribution in [3.8, 4) is 0 Å². The Kier molecular flexibility index (Phi) is 5.34. The zero-order valence-electron chi connectivity index (χ0n) is 8.30. The molecule has 84 valence electrons. The third kappa shape index (κ3) is 5.33. The molecular formula is C10H14ClO3P. The van der Waals surface area contributed by atoms with Gasteiger partial charge in [-0.05, 0) is 24.8 Å². The van der Waals surface area contributed by atoms with Crippen molar-refractivity contribution in [3.63, 3.8) is 0 Å². The number of halogens is 1. The second kappa shape index (κ2) is 6.29. The van der Waals surface area contributed by atoms with Gasteiger partial charge in [-0.15, -0.1) is 0 Å². The van der Waals surface area contributed by atoms with Gasteiger partial charge in [0, 0.05) is 0 Å². The molecule has 5 heteroatoms. The third-order valence-electron chi connectivity index (χ3n) is 2.11. The smallest absolute Gasteiger partial charge is 0.323 e. The molecule has 0 radical (unpaired) electrons. The highest BCUT2D eigenvalue weighted by atomic mass is 35.5. The molecule has 0 aliphatic rings. The summed E-state index contributed by atoms with van der Waals surface area (Å²) in [5.74, 6) is 0. The number of rotatable bonds is 6. The van der Waals surface area contributed by atoms with E-state index in [1.165, 1.54) is 5.56 Å². The molecule has 0 bridgehead atoms. The Morgan fingerprint density at radius 1 is 1.27 bits per heavy atom. The van der Waals surface area contributed by atoms with Crippen LogP contribution in [-0.2, 0) is 15.1 Å². The summed E-state index contributed by atoms with van der Waals surface area (Å²) in [4.78, 5) is 9.02. The average Bonchev–Trinajstić information content (AvgIpc) is 2.26. The first-order chi connectivity index (χ1) is 7.14.